The molecule has 0 aromatic heterocycles. The molecule has 0 N–H and O–H groups in total. The highest BCUT2D eigenvalue weighted by atomic mass is 31.0. The highest BCUT2D eigenvalue weighted by molar-refractivity contribution is 7.27. The maximum Gasteiger partial charge on any atom is -0.0155 e. The van der Waals surface area contributed by atoms with Crippen LogP contribution in [0.4, 0.5) is 0 Å². The van der Waals surface area contributed by atoms with Gasteiger partial charge < -0.3 is 0 Å². The minimum atomic E-state index is 1.22. The molecule has 1 atom stereocenters. The number of rotatable bonds is 1. The predicted molar refractivity (Wildman–Crippen MR) is 88.7 cm³/mol. The van der Waals surface area contributed by atoms with Crippen LogP contribution in [0.2, 0.25) is 0 Å². The van der Waals surface area contributed by atoms with Crippen LogP contribution in [0, 0.1) is 6.92 Å². The molecule has 0 aliphatic heterocycles. The van der Waals surface area contributed by atoms with Crippen molar-refractivity contribution in [2.75, 3.05) is 0 Å². The molecule has 0 bridgehead atoms. The summed E-state index contributed by atoms with van der Waals surface area (Å²) in [6.45, 7) is 10.1. The molecule has 18 heavy (non-hydrogen) atoms. The summed E-state index contributed by atoms with van der Waals surface area (Å²) in [7, 11) is 2.70. The Bertz CT molecular complexity index is 430. The molecule has 0 radical (unpaired) electrons. The summed E-state index contributed by atoms with van der Waals surface area (Å²) in [6, 6.07) is 17.0. The molecule has 2 rings (SSSR count). The maximum atomic E-state index is 2.70. The van der Waals surface area contributed by atoms with E-state index in [1.807, 2.05) is 27.7 Å². The average molecular weight is 260 g/mol. The van der Waals surface area contributed by atoms with Crippen LogP contribution in [0.1, 0.15) is 33.3 Å². The SMILES string of the molecule is CC.CC.Cc1ccccc1-c1ccc(P)cc1. The molecule has 1 heteroatoms. The second kappa shape index (κ2) is 9.85. The lowest BCUT2D eigenvalue weighted by molar-refractivity contribution is 1.46. The van der Waals surface area contributed by atoms with Gasteiger partial charge in [-0.15, -0.1) is 9.24 Å². The van der Waals surface area contributed by atoms with Crippen LogP contribution in [0.5, 0.6) is 0 Å². The maximum absolute atomic E-state index is 2.70. The van der Waals surface area contributed by atoms with Crippen LogP contribution < -0.4 is 5.30 Å². The summed E-state index contributed by atoms with van der Waals surface area (Å²) in [5.41, 5.74) is 3.93. The fraction of sp³-hybridized carbons (Fsp3) is 0.294. The lowest BCUT2D eigenvalue weighted by Crippen LogP contribution is -1.89. The van der Waals surface area contributed by atoms with Crippen LogP contribution in [0.3, 0.4) is 0 Å². The topological polar surface area (TPSA) is 0 Å². The van der Waals surface area contributed by atoms with Gasteiger partial charge in [-0.3, -0.25) is 0 Å². The predicted octanol–water partition coefficient (Wildman–Crippen LogP) is 5.21. The monoisotopic (exact) mass is 260 g/mol. The quantitative estimate of drug-likeness (QED) is 0.617. The lowest BCUT2D eigenvalue weighted by atomic mass is 10.0. The molecule has 0 spiro atoms. The molecule has 98 valence electrons. The van der Waals surface area contributed by atoms with Gasteiger partial charge in [0.15, 0.2) is 0 Å². The Morgan fingerprint density at radius 2 is 1.22 bits per heavy atom. The summed E-state index contributed by atoms with van der Waals surface area (Å²) >= 11 is 0. The second-order valence-electron chi connectivity index (χ2n) is 3.44. The fourth-order valence-electron chi connectivity index (χ4n) is 1.56. The molecule has 0 saturated heterocycles. The highest BCUT2D eigenvalue weighted by Crippen LogP contribution is 2.21. The number of hydrogen-bond acceptors (Lipinski definition) is 0. The van der Waals surface area contributed by atoms with Gasteiger partial charge in [-0.1, -0.05) is 76.2 Å². The Morgan fingerprint density at radius 3 is 1.72 bits per heavy atom. The molecule has 0 aliphatic rings. The molecule has 0 heterocycles. The van der Waals surface area contributed by atoms with Crippen LogP contribution in [-0.2, 0) is 0 Å². The zero-order valence-electron chi connectivity index (χ0n) is 12.2. The number of hydrogen-bond donors (Lipinski definition) is 0. The van der Waals surface area contributed by atoms with Crippen molar-refractivity contribution < 1.29 is 0 Å². The normalized spacial score (nSPS) is 8.56. The van der Waals surface area contributed by atoms with Gasteiger partial charge in [0.1, 0.15) is 0 Å². The van der Waals surface area contributed by atoms with Gasteiger partial charge in [-0.25, -0.2) is 0 Å². The first-order chi connectivity index (χ1) is 8.77. The zero-order valence-corrected chi connectivity index (χ0v) is 13.4. The highest BCUT2D eigenvalue weighted by Gasteiger charge is 1.99. The van der Waals surface area contributed by atoms with Gasteiger partial charge >= 0.3 is 0 Å². The third kappa shape index (κ3) is 5.02. The van der Waals surface area contributed by atoms with Gasteiger partial charge in [-0.2, -0.15) is 0 Å². The third-order valence-corrected chi connectivity index (χ3v) is 2.75. The first-order valence-corrected chi connectivity index (χ1v) is 7.26. The lowest BCUT2D eigenvalue weighted by Gasteiger charge is -2.05. The third-order valence-electron chi connectivity index (χ3n) is 2.37. The van der Waals surface area contributed by atoms with E-state index in [0.29, 0.717) is 0 Å². The minimum absolute atomic E-state index is 1.22. The van der Waals surface area contributed by atoms with Crippen LogP contribution in [0.25, 0.3) is 11.1 Å². The molecule has 2 aromatic carbocycles. The van der Waals surface area contributed by atoms with Crippen molar-refractivity contribution in [2.24, 2.45) is 0 Å². The van der Waals surface area contributed by atoms with Gasteiger partial charge in [0.05, 0.1) is 0 Å². The first-order valence-electron chi connectivity index (χ1n) is 6.69. The molecule has 0 aliphatic carbocycles. The molecule has 0 amide bonds. The van der Waals surface area contributed by atoms with Crippen molar-refractivity contribution in [3.8, 4) is 11.1 Å². The molecular formula is C17H25P. The van der Waals surface area contributed by atoms with E-state index in [4.69, 9.17) is 0 Å². The number of aryl methyl sites for hydroxylation is 1. The molecule has 0 fully saturated rings. The van der Waals surface area contributed by atoms with E-state index in [1.165, 1.54) is 22.0 Å². The summed E-state index contributed by atoms with van der Waals surface area (Å²) in [5.74, 6) is 0. The van der Waals surface area contributed by atoms with Crippen LogP contribution >= 0.6 is 9.24 Å². The summed E-state index contributed by atoms with van der Waals surface area (Å²) < 4.78 is 0. The average Bonchev–Trinajstić information content (AvgIpc) is 2.45. The van der Waals surface area contributed by atoms with E-state index in [-0.39, 0.29) is 0 Å². The Hall–Kier alpha value is -1.13. The molecule has 1 unspecified atom stereocenters. The molecule has 2 aromatic rings. The van der Waals surface area contributed by atoms with Gasteiger partial charge in [0.2, 0.25) is 0 Å². The van der Waals surface area contributed by atoms with E-state index in [1.54, 1.807) is 0 Å². The van der Waals surface area contributed by atoms with Crippen molar-refractivity contribution in [3.63, 3.8) is 0 Å². The fourth-order valence-corrected chi connectivity index (χ4v) is 1.75. The Kier molecular flexibility index (Phi) is 9.24. The summed E-state index contributed by atoms with van der Waals surface area (Å²) in [5, 5.41) is 1.22. The van der Waals surface area contributed by atoms with Gasteiger partial charge in [-0.05, 0) is 28.9 Å². The van der Waals surface area contributed by atoms with E-state index in [9.17, 15) is 0 Å². The van der Waals surface area contributed by atoms with E-state index >= 15 is 0 Å². The van der Waals surface area contributed by atoms with Gasteiger partial charge in [0, 0.05) is 0 Å². The van der Waals surface area contributed by atoms with E-state index in [2.05, 4.69) is 64.7 Å². The van der Waals surface area contributed by atoms with E-state index in [0.717, 1.165) is 0 Å². The van der Waals surface area contributed by atoms with Crippen molar-refractivity contribution in [3.05, 3.63) is 54.1 Å². The Labute approximate surface area is 115 Å². The minimum Gasteiger partial charge on any atom is -0.106 e. The Morgan fingerprint density at radius 1 is 0.722 bits per heavy atom. The molecule has 0 saturated carbocycles. The summed E-state index contributed by atoms with van der Waals surface area (Å²) in [4.78, 5) is 0. The second-order valence-corrected chi connectivity index (χ2v) is 4.10. The first kappa shape index (κ1) is 16.9. The molecular weight excluding hydrogens is 235 g/mol. The number of benzene rings is 2. The smallest absolute Gasteiger partial charge is 0.0155 e. The van der Waals surface area contributed by atoms with Crippen molar-refractivity contribution >= 4 is 14.5 Å². The van der Waals surface area contributed by atoms with Gasteiger partial charge in [0.25, 0.3) is 0 Å². The van der Waals surface area contributed by atoms with E-state index < -0.39 is 0 Å². The Balaban J connectivity index is 0.000000659. The van der Waals surface area contributed by atoms with Crippen molar-refractivity contribution in [2.45, 2.75) is 34.6 Å². The standard InChI is InChI=1S/C13H13P.2C2H6/c1-10-4-2-3-5-13(10)11-6-8-12(14)9-7-11;2*1-2/h2-9H,14H2,1H3;2*1-2H3. The summed E-state index contributed by atoms with van der Waals surface area (Å²) in [6.07, 6.45) is 0. The molecule has 0 nitrogen and oxygen atoms in total. The van der Waals surface area contributed by atoms with Crippen molar-refractivity contribution in [1.82, 2.24) is 0 Å². The largest absolute Gasteiger partial charge is 0.106 e. The van der Waals surface area contributed by atoms with Crippen molar-refractivity contribution in [1.29, 1.82) is 0 Å². The van der Waals surface area contributed by atoms with Crippen LogP contribution in [-0.4, -0.2) is 0 Å². The van der Waals surface area contributed by atoms with Crippen LogP contribution in [0.15, 0.2) is 48.5 Å². The zero-order chi connectivity index (χ0) is 14.0.